The lowest BCUT2D eigenvalue weighted by Crippen LogP contribution is -2.26. The maximum Gasteiger partial charge on any atom is 0.335 e. The predicted molar refractivity (Wildman–Crippen MR) is 66.7 cm³/mol. The fourth-order valence-electron chi connectivity index (χ4n) is 1.30. The van der Waals surface area contributed by atoms with Gasteiger partial charge in [0.05, 0.1) is 12.2 Å². The minimum Gasteiger partial charge on any atom is -0.494 e. The number of aromatic carboxylic acids is 1. The molecule has 0 fully saturated rings. The van der Waals surface area contributed by atoms with Gasteiger partial charge in [0.2, 0.25) is 0 Å². The Kier molecular flexibility index (Phi) is 4.97. The zero-order chi connectivity index (χ0) is 12.8. The molecule has 1 N–H and O–H groups in total. The highest BCUT2D eigenvalue weighted by Crippen LogP contribution is 2.13. The summed E-state index contributed by atoms with van der Waals surface area (Å²) in [5.41, 5.74) is 0.277. The highest BCUT2D eigenvalue weighted by atomic mass is 16.5. The van der Waals surface area contributed by atoms with Crippen molar-refractivity contribution in [1.29, 1.82) is 0 Å². The van der Waals surface area contributed by atoms with Crippen LogP contribution in [0.25, 0.3) is 0 Å². The van der Waals surface area contributed by atoms with E-state index in [1.165, 1.54) is 0 Å². The summed E-state index contributed by atoms with van der Waals surface area (Å²) >= 11 is 0. The van der Waals surface area contributed by atoms with Crippen LogP contribution in [-0.4, -0.2) is 42.7 Å². The summed E-state index contributed by atoms with van der Waals surface area (Å²) in [7, 11) is 4.07. The van der Waals surface area contributed by atoms with Crippen LogP contribution in [0.3, 0.4) is 0 Å². The molecule has 0 bridgehead atoms. The van der Waals surface area contributed by atoms with E-state index in [-0.39, 0.29) is 5.56 Å². The third-order valence-corrected chi connectivity index (χ3v) is 2.79. The quantitative estimate of drug-likeness (QED) is 0.823. The molecule has 1 rings (SSSR count). The second kappa shape index (κ2) is 6.25. The Morgan fingerprint density at radius 1 is 1.35 bits per heavy atom. The van der Waals surface area contributed by atoms with Gasteiger partial charge in [0.1, 0.15) is 5.75 Å². The predicted octanol–water partition coefficient (Wildman–Crippen LogP) is 2.10. The van der Waals surface area contributed by atoms with Crippen molar-refractivity contribution < 1.29 is 14.6 Å². The van der Waals surface area contributed by atoms with E-state index < -0.39 is 5.97 Å². The summed E-state index contributed by atoms with van der Waals surface area (Å²) < 4.78 is 5.54. The second-order valence-electron chi connectivity index (χ2n) is 4.28. The van der Waals surface area contributed by atoms with Crippen LogP contribution in [0.1, 0.15) is 23.7 Å². The Morgan fingerprint density at radius 3 is 2.41 bits per heavy atom. The lowest BCUT2D eigenvalue weighted by Gasteiger charge is -2.19. The summed E-state index contributed by atoms with van der Waals surface area (Å²) in [4.78, 5) is 12.8. The molecule has 1 unspecified atom stereocenters. The molecule has 94 valence electrons. The molecule has 0 radical (unpaired) electrons. The highest BCUT2D eigenvalue weighted by Gasteiger charge is 2.05. The van der Waals surface area contributed by atoms with Gasteiger partial charge in [0.25, 0.3) is 0 Å². The molecule has 4 nitrogen and oxygen atoms in total. The molecule has 0 saturated heterocycles. The van der Waals surface area contributed by atoms with Gasteiger partial charge in [-0.25, -0.2) is 4.79 Å². The zero-order valence-electron chi connectivity index (χ0n) is 10.5. The first kappa shape index (κ1) is 13.5. The second-order valence-corrected chi connectivity index (χ2v) is 4.28. The minimum absolute atomic E-state index is 0.277. The van der Waals surface area contributed by atoms with Crippen LogP contribution in [0.5, 0.6) is 5.75 Å². The third kappa shape index (κ3) is 4.44. The van der Waals surface area contributed by atoms with Crippen molar-refractivity contribution in [3.05, 3.63) is 29.8 Å². The van der Waals surface area contributed by atoms with Crippen LogP contribution in [0.4, 0.5) is 0 Å². The number of carboxylic acids is 1. The Labute approximate surface area is 102 Å². The van der Waals surface area contributed by atoms with E-state index in [0.29, 0.717) is 18.4 Å². The maximum absolute atomic E-state index is 10.6. The lowest BCUT2D eigenvalue weighted by atomic mass is 10.2. The molecular weight excluding hydrogens is 218 g/mol. The topological polar surface area (TPSA) is 49.8 Å². The first-order valence-corrected chi connectivity index (χ1v) is 5.63. The van der Waals surface area contributed by atoms with Gasteiger partial charge in [0, 0.05) is 6.04 Å². The van der Waals surface area contributed by atoms with E-state index in [1.807, 2.05) is 14.1 Å². The molecular formula is C13H19NO3. The number of nitrogens with zero attached hydrogens (tertiary/aromatic N) is 1. The standard InChI is InChI=1S/C13H19NO3/c1-10(14(2)3)8-9-17-12-6-4-11(5-7-12)13(15)16/h4-7,10H,8-9H2,1-3H3,(H,15,16). The third-order valence-electron chi connectivity index (χ3n) is 2.79. The molecule has 0 aliphatic heterocycles. The van der Waals surface area contributed by atoms with E-state index in [2.05, 4.69) is 11.8 Å². The first-order valence-electron chi connectivity index (χ1n) is 5.63. The van der Waals surface area contributed by atoms with Crippen molar-refractivity contribution in [2.24, 2.45) is 0 Å². The Balaban J connectivity index is 2.40. The van der Waals surface area contributed by atoms with Gasteiger partial charge < -0.3 is 14.7 Å². The molecule has 0 heterocycles. The summed E-state index contributed by atoms with van der Waals surface area (Å²) in [6.45, 7) is 2.77. The van der Waals surface area contributed by atoms with Gasteiger partial charge in [-0.2, -0.15) is 0 Å². The number of carboxylic acid groups (broad SMARTS) is 1. The average Bonchev–Trinajstić information content (AvgIpc) is 2.29. The fraction of sp³-hybridized carbons (Fsp3) is 0.462. The summed E-state index contributed by atoms with van der Waals surface area (Å²) in [6.07, 6.45) is 0.938. The Bertz CT molecular complexity index is 359. The van der Waals surface area contributed by atoms with Crippen LogP contribution in [0.2, 0.25) is 0 Å². The van der Waals surface area contributed by atoms with Crippen LogP contribution in [-0.2, 0) is 0 Å². The monoisotopic (exact) mass is 237 g/mol. The number of hydrogen-bond acceptors (Lipinski definition) is 3. The summed E-state index contributed by atoms with van der Waals surface area (Å²) in [5.74, 6) is -0.210. The normalized spacial score (nSPS) is 12.5. The molecule has 1 atom stereocenters. The average molecular weight is 237 g/mol. The largest absolute Gasteiger partial charge is 0.494 e. The molecule has 17 heavy (non-hydrogen) atoms. The smallest absolute Gasteiger partial charge is 0.335 e. The van der Waals surface area contributed by atoms with Gasteiger partial charge in [-0.3, -0.25) is 0 Å². The fourth-order valence-corrected chi connectivity index (χ4v) is 1.30. The minimum atomic E-state index is -0.919. The summed E-state index contributed by atoms with van der Waals surface area (Å²) in [5, 5.41) is 8.74. The van der Waals surface area contributed by atoms with Crippen LogP contribution in [0.15, 0.2) is 24.3 Å². The maximum atomic E-state index is 10.6. The van der Waals surface area contributed by atoms with Crippen molar-refractivity contribution in [1.82, 2.24) is 4.90 Å². The SMILES string of the molecule is CC(CCOc1ccc(C(=O)O)cc1)N(C)C. The number of carbonyl (C=O) groups is 1. The molecule has 1 aromatic rings. The van der Waals surface area contributed by atoms with Crippen molar-refractivity contribution in [3.63, 3.8) is 0 Å². The molecule has 0 amide bonds. The van der Waals surface area contributed by atoms with Gasteiger partial charge in [-0.15, -0.1) is 0 Å². The molecule has 0 saturated carbocycles. The first-order chi connectivity index (χ1) is 8.00. The van der Waals surface area contributed by atoms with Crippen molar-refractivity contribution >= 4 is 5.97 Å². The van der Waals surface area contributed by atoms with Gasteiger partial charge in [-0.1, -0.05) is 0 Å². The van der Waals surface area contributed by atoms with Crippen molar-refractivity contribution in [3.8, 4) is 5.75 Å². The van der Waals surface area contributed by atoms with Gasteiger partial charge in [0.15, 0.2) is 0 Å². The molecule has 1 aromatic carbocycles. The van der Waals surface area contributed by atoms with Crippen LogP contribution in [0, 0.1) is 0 Å². The number of rotatable bonds is 6. The Hall–Kier alpha value is -1.55. The molecule has 0 aliphatic rings. The molecule has 4 heteroatoms. The lowest BCUT2D eigenvalue weighted by molar-refractivity contribution is 0.0697. The highest BCUT2D eigenvalue weighted by molar-refractivity contribution is 5.87. The van der Waals surface area contributed by atoms with E-state index in [4.69, 9.17) is 9.84 Å². The number of benzene rings is 1. The summed E-state index contributed by atoms with van der Waals surface area (Å²) in [6, 6.07) is 6.93. The van der Waals surface area contributed by atoms with Crippen molar-refractivity contribution in [2.75, 3.05) is 20.7 Å². The van der Waals surface area contributed by atoms with Gasteiger partial charge >= 0.3 is 5.97 Å². The van der Waals surface area contributed by atoms with Crippen LogP contribution < -0.4 is 4.74 Å². The van der Waals surface area contributed by atoms with E-state index >= 15 is 0 Å². The number of hydrogen-bond donors (Lipinski definition) is 1. The van der Waals surface area contributed by atoms with Crippen molar-refractivity contribution in [2.45, 2.75) is 19.4 Å². The number of ether oxygens (including phenoxy) is 1. The van der Waals surface area contributed by atoms with E-state index in [0.717, 1.165) is 6.42 Å². The zero-order valence-corrected chi connectivity index (χ0v) is 10.5. The molecule has 0 aliphatic carbocycles. The van der Waals surface area contributed by atoms with E-state index in [1.54, 1.807) is 24.3 Å². The molecule has 0 spiro atoms. The van der Waals surface area contributed by atoms with E-state index in [9.17, 15) is 4.79 Å². The molecule has 0 aromatic heterocycles. The van der Waals surface area contributed by atoms with Gasteiger partial charge in [-0.05, 0) is 51.7 Å². The van der Waals surface area contributed by atoms with Crippen LogP contribution >= 0.6 is 0 Å². The Morgan fingerprint density at radius 2 is 1.94 bits per heavy atom.